The molecule has 3 aromatic rings. The third kappa shape index (κ3) is 9.55. The number of nitrogens with zero attached hydrogens (tertiary/aromatic N) is 5. The topological polar surface area (TPSA) is 136 Å². The van der Waals surface area contributed by atoms with E-state index in [1.54, 1.807) is 12.4 Å². The molecule has 3 N–H and O–H groups in total. The van der Waals surface area contributed by atoms with Crippen molar-refractivity contribution in [3.63, 3.8) is 0 Å². The predicted octanol–water partition coefficient (Wildman–Crippen LogP) is 3.25. The Morgan fingerprint density at radius 2 is 1.46 bits per heavy atom. The van der Waals surface area contributed by atoms with Gasteiger partial charge in [0.1, 0.15) is 5.82 Å². The second kappa shape index (κ2) is 12.3. The number of imidazole rings is 1. The summed E-state index contributed by atoms with van der Waals surface area (Å²) in [4.78, 5) is 38.9. The highest BCUT2D eigenvalue weighted by Crippen LogP contribution is 2.17. The number of carboxylic acid groups (broad SMARTS) is 2. The van der Waals surface area contributed by atoms with Crippen molar-refractivity contribution in [1.29, 1.82) is 0 Å². The molecule has 1 aliphatic heterocycles. The molecule has 3 heterocycles. The molecular weight excluding hydrogens is 514 g/mol. The quantitative estimate of drug-likeness (QED) is 0.431. The molecule has 0 bridgehead atoms. The number of aromatic nitrogens is 4. The van der Waals surface area contributed by atoms with E-state index in [4.69, 9.17) is 19.8 Å². The second-order valence-electron chi connectivity index (χ2n) is 7.59. The number of H-pyrrole nitrogens is 1. The van der Waals surface area contributed by atoms with Crippen molar-refractivity contribution in [2.45, 2.75) is 25.8 Å². The van der Waals surface area contributed by atoms with Gasteiger partial charge in [0, 0.05) is 45.1 Å². The molecule has 4 rings (SSSR count). The molecule has 0 unspecified atom stereocenters. The highest BCUT2D eigenvalue weighted by molar-refractivity contribution is 5.75. The zero-order valence-corrected chi connectivity index (χ0v) is 19.2. The summed E-state index contributed by atoms with van der Waals surface area (Å²) in [6.45, 7) is 6.95. The molecule has 0 aliphatic carbocycles. The molecular formula is C21H22F6N6O4. The van der Waals surface area contributed by atoms with Crippen molar-refractivity contribution in [2.24, 2.45) is 0 Å². The van der Waals surface area contributed by atoms with Gasteiger partial charge in [0.25, 0.3) is 0 Å². The van der Waals surface area contributed by atoms with Crippen LogP contribution in [0.5, 0.6) is 0 Å². The Bertz CT molecular complexity index is 1150. The van der Waals surface area contributed by atoms with Gasteiger partial charge < -0.3 is 20.1 Å². The first-order valence-electron chi connectivity index (χ1n) is 10.5. The number of carbonyl (C=O) groups is 2. The normalized spacial score (nSPS) is 14.3. The first kappa shape index (κ1) is 29.3. The Balaban J connectivity index is 0.000000286. The lowest BCUT2D eigenvalue weighted by Gasteiger charge is -2.34. The van der Waals surface area contributed by atoms with E-state index in [1.165, 1.54) is 5.56 Å². The van der Waals surface area contributed by atoms with Crippen LogP contribution in [0.2, 0.25) is 0 Å². The fraction of sp³-hybridized carbons (Fsp3) is 0.381. The number of rotatable bonds is 3. The maximum absolute atomic E-state index is 10.6. The lowest BCUT2D eigenvalue weighted by molar-refractivity contribution is -0.193. The van der Waals surface area contributed by atoms with Crippen LogP contribution in [0, 0.1) is 6.92 Å². The van der Waals surface area contributed by atoms with Gasteiger partial charge in [-0.2, -0.15) is 26.3 Å². The number of benzene rings is 1. The van der Waals surface area contributed by atoms with E-state index < -0.39 is 24.3 Å². The first-order chi connectivity index (χ1) is 17.2. The molecule has 1 aliphatic rings. The highest BCUT2D eigenvalue weighted by atomic mass is 19.4. The minimum atomic E-state index is -5.08. The maximum atomic E-state index is 10.6. The molecule has 0 atom stereocenters. The third-order valence-electron chi connectivity index (χ3n) is 4.76. The molecule has 1 saturated heterocycles. The summed E-state index contributed by atoms with van der Waals surface area (Å²) in [5.74, 6) is -3.71. The van der Waals surface area contributed by atoms with Gasteiger partial charge in [0.05, 0.1) is 11.0 Å². The predicted molar refractivity (Wildman–Crippen MR) is 118 cm³/mol. The average molecular weight is 536 g/mol. The number of hydrogen-bond acceptors (Lipinski definition) is 7. The number of alkyl halides is 6. The van der Waals surface area contributed by atoms with Crippen LogP contribution in [0.15, 0.2) is 36.7 Å². The van der Waals surface area contributed by atoms with Crippen molar-refractivity contribution in [2.75, 3.05) is 31.1 Å². The molecule has 10 nitrogen and oxygen atoms in total. The van der Waals surface area contributed by atoms with Crippen molar-refractivity contribution < 1.29 is 46.1 Å². The second-order valence-corrected chi connectivity index (χ2v) is 7.59. The van der Waals surface area contributed by atoms with Gasteiger partial charge in [-0.3, -0.25) is 4.90 Å². The summed E-state index contributed by atoms with van der Waals surface area (Å²) in [5, 5.41) is 14.2. The number of carboxylic acids is 2. The van der Waals surface area contributed by atoms with Crippen LogP contribution in [0.4, 0.5) is 32.3 Å². The van der Waals surface area contributed by atoms with E-state index in [-0.39, 0.29) is 0 Å². The smallest absolute Gasteiger partial charge is 0.475 e. The lowest BCUT2D eigenvalue weighted by atomic mass is 10.1. The molecule has 202 valence electrons. The van der Waals surface area contributed by atoms with Gasteiger partial charge >= 0.3 is 24.3 Å². The number of anilines is 1. The molecule has 1 fully saturated rings. The summed E-state index contributed by atoms with van der Waals surface area (Å²) in [7, 11) is 0. The van der Waals surface area contributed by atoms with E-state index >= 15 is 0 Å². The van der Waals surface area contributed by atoms with Crippen LogP contribution < -0.4 is 4.90 Å². The molecule has 0 amide bonds. The number of aromatic amines is 1. The SMILES string of the molecule is Cc1nc2ccc(CN3CCN(c4ncccn4)CC3)cc2[nH]1.O=C(O)C(F)(F)F.O=C(O)C(F)(F)F. The van der Waals surface area contributed by atoms with Gasteiger partial charge in [0.2, 0.25) is 5.95 Å². The Morgan fingerprint density at radius 3 is 1.95 bits per heavy atom. The number of hydrogen-bond donors (Lipinski definition) is 3. The summed E-state index contributed by atoms with van der Waals surface area (Å²) < 4.78 is 63.5. The molecule has 2 aromatic heterocycles. The van der Waals surface area contributed by atoms with E-state index in [1.807, 2.05) is 13.0 Å². The van der Waals surface area contributed by atoms with Crippen LogP contribution >= 0.6 is 0 Å². The summed E-state index contributed by atoms with van der Waals surface area (Å²) in [5.41, 5.74) is 3.49. The minimum Gasteiger partial charge on any atom is -0.475 e. The zero-order valence-electron chi connectivity index (χ0n) is 19.2. The van der Waals surface area contributed by atoms with Crippen LogP contribution in [-0.2, 0) is 16.1 Å². The van der Waals surface area contributed by atoms with E-state index in [0.717, 1.165) is 55.5 Å². The minimum absolute atomic E-state index is 0.835. The molecule has 16 heteroatoms. The van der Waals surface area contributed by atoms with Gasteiger partial charge in [0.15, 0.2) is 0 Å². The molecule has 0 saturated carbocycles. The van der Waals surface area contributed by atoms with E-state index in [0.29, 0.717) is 0 Å². The molecule has 0 spiro atoms. The number of aryl methyl sites for hydroxylation is 1. The van der Waals surface area contributed by atoms with Crippen LogP contribution in [0.25, 0.3) is 11.0 Å². The summed E-state index contributed by atoms with van der Waals surface area (Å²) in [6, 6.07) is 8.34. The van der Waals surface area contributed by atoms with Gasteiger partial charge in [-0.1, -0.05) is 6.07 Å². The molecule has 0 radical (unpaired) electrons. The number of piperazine rings is 1. The summed E-state index contributed by atoms with van der Waals surface area (Å²) in [6.07, 6.45) is -6.56. The lowest BCUT2D eigenvalue weighted by Crippen LogP contribution is -2.46. The number of nitrogens with one attached hydrogen (secondary N) is 1. The Kier molecular flexibility index (Phi) is 9.76. The van der Waals surface area contributed by atoms with Crippen molar-refractivity contribution in [1.82, 2.24) is 24.8 Å². The Morgan fingerprint density at radius 1 is 0.946 bits per heavy atom. The first-order valence-corrected chi connectivity index (χ1v) is 10.5. The van der Waals surface area contributed by atoms with Crippen molar-refractivity contribution in [3.8, 4) is 0 Å². The Hall–Kier alpha value is -3.95. The number of fused-ring (bicyclic) bond motifs is 1. The summed E-state index contributed by atoms with van der Waals surface area (Å²) >= 11 is 0. The van der Waals surface area contributed by atoms with E-state index in [9.17, 15) is 26.3 Å². The highest BCUT2D eigenvalue weighted by Gasteiger charge is 2.38. The van der Waals surface area contributed by atoms with Gasteiger partial charge in [-0.15, -0.1) is 0 Å². The van der Waals surface area contributed by atoms with E-state index in [2.05, 4.69) is 47.9 Å². The van der Waals surface area contributed by atoms with Gasteiger partial charge in [-0.05, 0) is 30.7 Å². The van der Waals surface area contributed by atoms with Crippen LogP contribution in [-0.4, -0.2) is 85.5 Å². The molecule has 1 aromatic carbocycles. The van der Waals surface area contributed by atoms with Crippen LogP contribution in [0.1, 0.15) is 11.4 Å². The largest absolute Gasteiger partial charge is 0.490 e. The monoisotopic (exact) mass is 536 g/mol. The fourth-order valence-corrected chi connectivity index (χ4v) is 3.10. The Labute approximate surface area is 205 Å². The standard InChI is InChI=1S/C17H20N6.2C2HF3O2/c1-13-20-15-4-3-14(11-16(15)21-13)12-22-7-9-23(10-8-22)17-18-5-2-6-19-17;2*3-2(4,5)1(6)7/h2-6,11H,7-10,12H2,1H3,(H,20,21);2*(H,6,7). The zero-order chi connectivity index (χ0) is 27.8. The third-order valence-corrected chi connectivity index (χ3v) is 4.76. The molecule has 37 heavy (non-hydrogen) atoms. The van der Waals surface area contributed by atoms with Crippen molar-refractivity contribution in [3.05, 3.63) is 48.0 Å². The number of aliphatic carboxylic acids is 2. The fourth-order valence-electron chi connectivity index (χ4n) is 3.10. The maximum Gasteiger partial charge on any atom is 0.490 e. The number of halogens is 6. The van der Waals surface area contributed by atoms with Crippen LogP contribution in [0.3, 0.4) is 0 Å². The average Bonchev–Trinajstić information content (AvgIpc) is 3.19. The van der Waals surface area contributed by atoms with Crippen molar-refractivity contribution >= 4 is 28.9 Å². The van der Waals surface area contributed by atoms with Gasteiger partial charge in [-0.25, -0.2) is 24.5 Å².